The van der Waals surface area contributed by atoms with E-state index >= 15 is 0 Å². The van der Waals surface area contributed by atoms with E-state index in [9.17, 15) is 0 Å². The van der Waals surface area contributed by atoms with Crippen LogP contribution in [0, 0.1) is 37.4 Å². The third kappa shape index (κ3) is 5.27. The molecular formula is C34H20N8O4Pt2-4. The molecule has 0 aliphatic carbocycles. The number of hydrogen-bond acceptors (Lipinski definition) is 6. The van der Waals surface area contributed by atoms with Crippen LogP contribution in [-0.2, 0) is 56.2 Å². The monoisotopic (exact) mass is 994 g/mol. The second kappa shape index (κ2) is 12.4. The van der Waals surface area contributed by atoms with Gasteiger partial charge in [0.1, 0.15) is 0 Å². The van der Waals surface area contributed by atoms with Crippen molar-refractivity contribution in [2.75, 3.05) is 0 Å². The molecule has 0 fully saturated rings. The Morgan fingerprint density at radius 1 is 0.562 bits per heavy atom. The fourth-order valence-electron chi connectivity index (χ4n) is 5.38. The molecule has 0 spiro atoms. The van der Waals surface area contributed by atoms with Crippen LogP contribution in [0.1, 0.15) is 0 Å². The zero-order chi connectivity index (χ0) is 30.8. The second-order valence-corrected chi connectivity index (χ2v) is 10.6. The minimum Gasteiger partial charge on any atom is -0.506 e. The van der Waals surface area contributed by atoms with Crippen molar-refractivity contribution in [2.45, 2.75) is 0 Å². The molecule has 0 bridgehead atoms. The largest absolute Gasteiger partial charge is 0.506 e. The van der Waals surface area contributed by atoms with E-state index in [1.54, 1.807) is 55.7 Å². The van der Waals surface area contributed by atoms with Gasteiger partial charge in [0.2, 0.25) is 24.4 Å². The molecule has 8 heterocycles. The second-order valence-electron chi connectivity index (χ2n) is 10.6. The zero-order valence-electron chi connectivity index (χ0n) is 24.9. The fourth-order valence-corrected chi connectivity index (χ4v) is 5.38. The molecule has 0 N–H and O–H groups in total. The Hall–Kier alpha value is -5.18. The maximum atomic E-state index is 5.70. The van der Waals surface area contributed by atoms with E-state index in [-0.39, 0.29) is 42.1 Å². The van der Waals surface area contributed by atoms with Gasteiger partial charge in [-0.25, -0.2) is 0 Å². The summed E-state index contributed by atoms with van der Waals surface area (Å²) in [7, 11) is 3.82. The molecule has 0 unspecified atom stereocenters. The molecule has 0 saturated carbocycles. The first-order valence-corrected chi connectivity index (χ1v) is 14.0. The molecule has 8 aromatic heterocycles. The van der Waals surface area contributed by atoms with Gasteiger partial charge in [0, 0.05) is 90.9 Å². The van der Waals surface area contributed by atoms with Crippen LogP contribution >= 0.6 is 0 Å². The predicted octanol–water partition coefficient (Wildman–Crippen LogP) is 4.76. The van der Waals surface area contributed by atoms with Gasteiger partial charge in [-0.2, -0.15) is 0 Å². The smallest absolute Gasteiger partial charge is 0.247 e. The first-order valence-electron chi connectivity index (χ1n) is 14.0. The van der Waals surface area contributed by atoms with E-state index in [2.05, 4.69) is 47.4 Å². The molecular weight excluding hydrogens is 975 g/mol. The molecule has 48 heavy (non-hydrogen) atoms. The first kappa shape index (κ1) is 31.4. The molecule has 244 valence electrons. The summed E-state index contributed by atoms with van der Waals surface area (Å²) >= 11 is 0. The topological polar surface area (TPSA) is 106 Å². The van der Waals surface area contributed by atoms with Gasteiger partial charge in [-0.15, -0.1) is 12.1 Å². The summed E-state index contributed by atoms with van der Waals surface area (Å²) in [5.41, 5.74) is 3.16. The number of furan rings is 4. The molecule has 10 aromatic rings. The van der Waals surface area contributed by atoms with Crippen molar-refractivity contribution in [1.29, 1.82) is 0 Å². The van der Waals surface area contributed by atoms with E-state index < -0.39 is 0 Å². The minimum atomic E-state index is 0. The molecule has 2 aromatic carbocycles. The number of fused-ring (bicyclic) bond motifs is 4. The molecule has 0 radical (unpaired) electrons. The first-order chi connectivity index (χ1) is 22.6. The van der Waals surface area contributed by atoms with Gasteiger partial charge >= 0.3 is 0 Å². The van der Waals surface area contributed by atoms with Crippen molar-refractivity contribution in [3.8, 4) is 23.1 Å². The van der Waals surface area contributed by atoms with Crippen molar-refractivity contribution in [2.24, 2.45) is 14.1 Å². The van der Waals surface area contributed by atoms with Gasteiger partial charge in [-0.1, -0.05) is 47.7 Å². The number of aryl methyl sites for hydroxylation is 2. The number of hydrogen-bond donors (Lipinski definition) is 0. The molecule has 12 nitrogen and oxygen atoms in total. The maximum Gasteiger partial charge on any atom is 0.247 e. The van der Waals surface area contributed by atoms with Gasteiger partial charge in [0.05, 0.1) is 50.3 Å². The van der Waals surface area contributed by atoms with Crippen LogP contribution in [0.15, 0.2) is 104 Å². The Morgan fingerprint density at radius 3 is 1.40 bits per heavy atom. The zero-order valence-corrected chi connectivity index (χ0v) is 29.5. The predicted molar refractivity (Wildman–Crippen MR) is 160 cm³/mol. The molecule has 14 heteroatoms. The molecule has 0 atom stereocenters. The number of imidazole rings is 4. The fraction of sp³-hybridized carbons (Fsp3) is 0.0588. The summed E-state index contributed by atoms with van der Waals surface area (Å²) in [4.78, 5) is 7.91. The van der Waals surface area contributed by atoms with Crippen LogP contribution in [-0.4, -0.2) is 28.2 Å². The standard InChI is InChI=1S/2C17H10N4O2.2Pt/c2*1-19-4-5-21(11-19)17-13-7-14-15(20-3-2-18-10-20)9-22-16(14)6-12(13)8-23-17;;/h2*2-6,8-9H,1H3;;/q2*-2;;. The van der Waals surface area contributed by atoms with Crippen molar-refractivity contribution >= 4 is 43.5 Å². The van der Waals surface area contributed by atoms with Crippen molar-refractivity contribution in [3.63, 3.8) is 0 Å². The molecule has 10 rings (SSSR count). The van der Waals surface area contributed by atoms with E-state index in [0.717, 1.165) is 54.9 Å². The van der Waals surface area contributed by atoms with Gasteiger partial charge in [-0.05, 0) is 21.5 Å². The average molecular weight is 995 g/mol. The van der Waals surface area contributed by atoms with E-state index in [1.165, 1.54) is 0 Å². The summed E-state index contributed by atoms with van der Waals surface area (Å²) in [6.07, 6.45) is 33.3. The Balaban J connectivity index is 0.000000146. The molecule has 0 aliphatic heterocycles. The Morgan fingerprint density at radius 2 is 1.02 bits per heavy atom. The Kier molecular flexibility index (Phi) is 8.15. The summed E-state index contributed by atoms with van der Waals surface area (Å²) in [6.45, 7) is 0. The summed E-state index contributed by atoms with van der Waals surface area (Å²) in [5, 5.41) is 5.29. The van der Waals surface area contributed by atoms with Crippen LogP contribution in [0.5, 0.6) is 0 Å². The van der Waals surface area contributed by atoms with Crippen LogP contribution in [0.25, 0.3) is 66.6 Å². The van der Waals surface area contributed by atoms with Crippen LogP contribution < -0.4 is 9.13 Å². The van der Waals surface area contributed by atoms with Crippen molar-refractivity contribution in [1.82, 2.24) is 28.2 Å². The van der Waals surface area contributed by atoms with Gasteiger partial charge in [0.15, 0.2) is 0 Å². The summed E-state index contributed by atoms with van der Waals surface area (Å²) in [5.74, 6) is 1.34. The maximum absolute atomic E-state index is 5.70. The minimum absolute atomic E-state index is 0. The van der Waals surface area contributed by atoms with E-state index in [1.807, 2.05) is 72.5 Å². The van der Waals surface area contributed by atoms with E-state index in [4.69, 9.17) is 17.7 Å². The molecule has 0 amide bonds. The number of rotatable bonds is 4. The molecule has 0 saturated heterocycles. The van der Waals surface area contributed by atoms with Gasteiger partial charge < -0.3 is 45.9 Å². The van der Waals surface area contributed by atoms with Crippen LogP contribution in [0.3, 0.4) is 0 Å². The van der Waals surface area contributed by atoms with Crippen molar-refractivity contribution < 1.29 is 68.9 Å². The quantitative estimate of drug-likeness (QED) is 0.186. The Labute approximate surface area is 300 Å². The number of aromatic nitrogens is 8. The third-order valence-electron chi connectivity index (χ3n) is 7.55. The summed E-state index contributed by atoms with van der Waals surface area (Å²) in [6, 6.07) is 10.7. The number of benzene rings is 2. The van der Waals surface area contributed by atoms with E-state index in [0.29, 0.717) is 11.8 Å². The SMILES string of the molecule is C[n+]1[c-]n(-c2occ3cc4occ(-n5[c-]ncc5)c4[c-]c23)cc1.C[n+]1[c-]n(-c2occ3cc4occ(-n5[c-]ncc5)c4[c-]c23)cc1.[Pt].[Pt]. The third-order valence-corrected chi connectivity index (χ3v) is 7.55. The Bertz CT molecular complexity index is 2450. The number of nitrogens with zero attached hydrogens (tertiary/aromatic N) is 8. The molecule has 0 aliphatic rings. The van der Waals surface area contributed by atoms with Gasteiger partial charge in [0.25, 0.3) is 0 Å². The van der Waals surface area contributed by atoms with Crippen LogP contribution in [0.4, 0.5) is 0 Å². The van der Waals surface area contributed by atoms with Crippen LogP contribution in [0.2, 0.25) is 0 Å². The normalized spacial score (nSPS) is 11.2. The average Bonchev–Trinajstić information content (AvgIpc) is 3.89. The van der Waals surface area contributed by atoms with Crippen molar-refractivity contribution in [3.05, 3.63) is 124 Å². The summed E-state index contributed by atoms with van der Waals surface area (Å²) < 4.78 is 33.5. The van der Waals surface area contributed by atoms with Gasteiger partial charge in [-0.3, -0.25) is 9.13 Å².